The normalized spacial score (nSPS) is 11.1. The maximum absolute atomic E-state index is 12.0. The van der Waals surface area contributed by atoms with Gasteiger partial charge in [0.25, 0.3) is 0 Å². The summed E-state index contributed by atoms with van der Waals surface area (Å²) in [6, 6.07) is 13.8. The molecule has 0 bridgehead atoms. The topological polar surface area (TPSA) is 116 Å². The Balaban J connectivity index is 1.42. The first kappa shape index (κ1) is 16.0. The molecule has 5 aromatic rings. The maximum atomic E-state index is 12.0. The summed E-state index contributed by atoms with van der Waals surface area (Å²) in [5.41, 5.74) is 3.48. The summed E-state index contributed by atoms with van der Waals surface area (Å²) in [7, 11) is 0. The minimum absolute atomic E-state index is 0.0173. The van der Waals surface area contributed by atoms with Crippen molar-refractivity contribution in [2.24, 2.45) is 0 Å². The first-order valence-electron chi connectivity index (χ1n) is 8.47. The lowest BCUT2D eigenvalue weighted by atomic mass is 10.1. The van der Waals surface area contributed by atoms with Crippen LogP contribution in [-0.2, 0) is 11.3 Å². The SMILES string of the molecule is O=C(Cn1cnnn1)Nc1nc2ccc(-c3cnc4ccccc4c3)cn2n1. The van der Waals surface area contributed by atoms with Crippen LogP contribution in [0.3, 0.4) is 0 Å². The number of carbonyl (C=O) groups excluding carboxylic acids is 1. The van der Waals surface area contributed by atoms with E-state index in [0.717, 1.165) is 22.0 Å². The molecule has 0 radical (unpaired) electrons. The third kappa shape index (κ3) is 3.03. The highest BCUT2D eigenvalue weighted by Gasteiger charge is 2.10. The molecule has 1 N–H and O–H groups in total. The van der Waals surface area contributed by atoms with E-state index in [1.54, 1.807) is 4.52 Å². The van der Waals surface area contributed by atoms with E-state index in [0.29, 0.717) is 5.65 Å². The average Bonchev–Trinajstić information content (AvgIpc) is 3.36. The highest BCUT2D eigenvalue weighted by atomic mass is 16.2. The molecule has 136 valence electrons. The second-order valence-electron chi connectivity index (χ2n) is 6.13. The van der Waals surface area contributed by atoms with Gasteiger partial charge >= 0.3 is 0 Å². The predicted octanol–water partition coefficient (Wildman–Crippen LogP) is 1.57. The highest BCUT2D eigenvalue weighted by molar-refractivity contribution is 5.89. The van der Waals surface area contributed by atoms with E-state index in [1.165, 1.54) is 11.0 Å². The molecule has 0 saturated carbocycles. The van der Waals surface area contributed by atoms with Gasteiger partial charge in [-0.25, -0.2) is 9.20 Å². The fourth-order valence-corrected chi connectivity index (χ4v) is 2.90. The molecule has 1 aromatic carbocycles. The number of anilines is 1. The van der Waals surface area contributed by atoms with Crippen molar-refractivity contribution in [1.29, 1.82) is 0 Å². The van der Waals surface area contributed by atoms with Gasteiger partial charge < -0.3 is 0 Å². The number of tetrazole rings is 1. The molecule has 0 spiro atoms. The number of nitrogens with zero attached hydrogens (tertiary/aromatic N) is 8. The molecule has 0 saturated heterocycles. The number of hydrogen-bond acceptors (Lipinski definition) is 7. The largest absolute Gasteiger partial charge is 0.292 e. The molecule has 0 unspecified atom stereocenters. The van der Waals surface area contributed by atoms with Crippen LogP contribution in [0.2, 0.25) is 0 Å². The number of fused-ring (bicyclic) bond motifs is 2. The zero-order valence-corrected chi connectivity index (χ0v) is 14.5. The number of aromatic nitrogens is 8. The van der Waals surface area contributed by atoms with Gasteiger partial charge in [-0.15, -0.1) is 10.2 Å². The predicted molar refractivity (Wildman–Crippen MR) is 100 cm³/mol. The minimum Gasteiger partial charge on any atom is -0.292 e. The van der Waals surface area contributed by atoms with Gasteiger partial charge in [0.2, 0.25) is 11.9 Å². The standard InChI is InChI=1S/C18H13N9O/c28-17(10-26-11-20-24-25-26)22-18-21-16-6-5-13(9-27(16)23-18)14-7-12-3-1-2-4-15(12)19-8-14/h1-9,11H,10H2,(H,22,23,28). The van der Waals surface area contributed by atoms with Crippen molar-refractivity contribution in [3.63, 3.8) is 0 Å². The average molecular weight is 371 g/mol. The van der Waals surface area contributed by atoms with Crippen LogP contribution in [0.15, 0.2) is 61.2 Å². The number of rotatable bonds is 4. The first-order valence-corrected chi connectivity index (χ1v) is 8.47. The Morgan fingerprint density at radius 2 is 2.04 bits per heavy atom. The van der Waals surface area contributed by atoms with E-state index in [-0.39, 0.29) is 18.4 Å². The minimum atomic E-state index is -0.317. The lowest BCUT2D eigenvalue weighted by Crippen LogP contribution is -2.19. The number of amides is 1. The molecule has 0 fully saturated rings. The van der Waals surface area contributed by atoms with Gasteiger partial charge in [-0.1, -0.05) is 18.2 Å². The van der Waals surface area contributed by atoms with Gasteiger partial charge in [0, 0.05) is 28.9 Å². The van der Waals surface area contributed by atoms with Gasteiger partial charge in [-0.3, -0.25) is 15.1 Å². The number of carbonyl (C=O) groups is 1. The molecule has 0 aliphatic heterocycles. The number of pyridine rings is 2. The number of para-hydroxylation sites is 1. The molecule has 0 atom stereocenters. The monoisotopic (exact) mass is 371 g/mol. The molecule has 1 amide bonds. The second-order valence-corrected chi connectivity index (χ2v) is 6.13. The van der Waals surface area contributed by atoms with Crippen molar-refractivity contribution in [1.82, 2.24) is 39.8 Å². The molecule has 4 aromatic heterocycles. The zero-order valence-electron chi connectivity index (χ0n) is 14.5. The van der Waals surface area contributed by atoms with E-state index in [2.05, 4.69) is 42.0 Å². The Hall–Kier alpha value is -4.21. The van der Waals surface area contributed by atoms with Crippen LogP contribution >= 0.6 is 0 Å². The van der Waals surface area contributed by atoms with Crippen LogP contribution < -0.4 is 5.32 Å². The van der Waals surface area contributed by atoms with Gasteiger partial charge in [-0.05, 0) is 34.7 Å². The third-order valence-corrected chi connectivity index (χ3v) is 4.20. The quantitative estimate of drug-likeness (QED) is 0.510. The third-order valence-electron chi connectivity index (χ3n) is 4.20. The molecule has 5 rings (SSSR count). The summed E-state index contributed by atoms with van der Waals surface area (Å²) in [6.45, 7) is -0.0173. The second kappa shape index (κ2) is 6.50. The van der Waals surface area contributed by atoms with Crippen LogP contribution in [0, 0.1) is 0 Å². The Bertz CT molecular complexity index is 1290. The number of nitrogens with one attached hydrogen (secondary N) is 1. The lowest BCUT2D eigenvalue weighted by Gasteiger charge is -2.03. The molecular weight excluding hydrogens is 358 g/mol. The van der Waals surface area contributed by atoms with E-state index >= 15 is 0 Å². The van der Waals surface area contributed by atoms with Crippen molar-refractivity contribution >= 4 is 28.4 Å². The van der Waals surface area contributed by atoms with E-state index in [4.69, 9.17) is 0 Å². The number of benzene rings is 1. The van der Waals surface area contributed by atoms with E-state index in [9.17, 15) is 4.79 Å². The van der Waals surface area contributed by atoms with Gasteiger partial charge in [0.15, 0.2) is 5.65 Å². The smallest absolute Gasteiger partial charge is 0.249 e. The van der Waals surface area contributed by atoms with Gasteiger partial charge in [-0.2, -0.15) is 4.98 Å². The number of hydrogen-bond donors (Lipinski definition) is 1. The van der Waals surface area contributed by atoms with Crippen LogP contribution in [0.1, 0.15) is 0 Å². The fourth-order valence-electron chi connectivity index (χ4n) is 2.90. The summed E-state index contributed by atoms with van der Waals surface area (Å²) < 4.78 is 2.94. The van der Waals surface area contributed by atoms with Crippen LogP contribution in [-0.4, -0.2) is 45.7 Å². The van der Waals surface area contributed by atoms with Crippen molar-refractivity contribution in [3.05, 3.63) is 61.2 Å². The van der Waals surface area contributed by atoms with Crippen LogP contribution in [0.25, 0.3) is 27.7 Å². The van der Waals surface area contributed by atoms with E-state index in [1.807, 2.05) is 48.8 Å². The zero-order chi connectivity index (χ0) is 18.9. The van der Waals surface area contributed by atoms with Crippen molar-refractivity contribution in [2.75, 3.05) is 5.32 Å². The van der Waals surface area contributed by atoms with Crippen molar-refractivity contribution in [3.8, 4) is 11.1 Å². The summed E-state index contributed by atoms with van der Waals surface area (Å²) in [5, 5.41) is 18.7. The van der Waals surface area contributed by atoms with Crippen molar-refractivity contribution in [2.45, 2.75) is 6.54 Å². The molecule has 0 aliphatic rings. The fraction of sp³-hybridized carbons (Fsp3) is 0.0556. The molecule has 10 nitrogen and oxygen atoms in total. The molecule has 0 aliphatic carbocycles. The highest BCUT2D eigenvalue weighted by Crippen LogP contribution is 2.23. The Morgan fingerprint density at radius 3 is 2.93 bits per heavy atom. The lowest BCUT2D eigenvalue weighted by molar-refractivity contribution is -0.117. The summed E-state index contributed by atoms with van der Waals surface area (Å²) in [6.07, 6.45) is 5.04. The Morgan fingerprint density at radius 1 is 1.11 bits per heavy atom. The summed E-state index contributed by atoms with van der Waals surface area (Å²) in [4.78, 5) is 20.9. The summed E-state index contributed by atoms with van der Waals surface area (Å²) in [5.74, 6) is -0.103. The van der Waals surface area contributed by atoms with Crippen LogP contribution in [0.5, 0.6) is 0 Å². The summed E-state index contributed by atoms with van der Waals surface area (Å²) >= 11 is 0. The van der Waals surface area contributed by atoms with Gasteiger partial charge in [0.05, 0.1) is 5.52 Å². The molecule has 28 heavy (non-hydrogen) atoms. The Labute approximate surface area is 157 Å². The maximum Gasteiger partial charge on any atom is 0.249 e. The molecular formula is C18H13N9O. The van der Waals surface area contributed by atoms with Crippen LogP contribution in [0.4, 0.5) is 5.95 Å². The molecule has 4 heterocycles. The molecule has 10 heteroatoms. The Kier molecular flexibility index (Phi) is 3.72. The van der Waals surface area contributed by atoms with Crippen molar-refractivity contribution < 1.29 is 4.79 Å². The van der Waals surface area contributed by atoms with Gasteiger partial charge in [0.1, 0.15) is 12.9 Å². The first-order chi connectivity index (χ1) is 13.7. The van der Waals surface area contributed by atoms with E-state index < -0.39 is 0 Å².